The van der Waals surface area contributed by atoms with Crippen molar-refractivity contribution in [2.75, 3.05) is 5.88 Å². The standard InChI is InChI=1S/C10H8ClFO/c11-6-2-4-9-8(7-13)3-1-5-10(9)12/h1-5,7H,6H2. The normalized spacial score (nSPS) is 10.6. The summed E-state index contributed by atoms with van der Waals surface area (Å²) in [5, 5.41) is 0. The van der Waals surface area contributed by atoms with Gasteiger partial charge in [0, 0.05) is 17.0 Å². The molecule has 0 saturated carbocycles. The van der Waals surface area contributed by atoms with Gasteiger partial charge in [-0.25, -0.2) is 4.39 Å². The van der Waals surface area contributed by atoms with Gasteiger partial charge in [0.15, 0.2) is 6.29 Å². The third-order valence-corrected chi connectivity index (χ3v) is 1.77. The summed E-state index contributed by atoms with van der Waals surface area (Å²) in [5.74, 6) is -0.113. The molecule has 3 heteroatoms. The Morgan fingerprint density at radius 3 is 2.85 bits per heavy atom. The van der Waals surface area contributed by atoms with Gasteiger partial charge in [-0.05, 0) is 6.07 Å². The zero-order chi connectivity index (χ0) is 9.68. The number of benzene rings is 1. The Labute approximate surface area is 80.8 Å². The summed E-state index contributed by atoms with van der Waals surface area (Å²) in [6.07, 6.45) is 3.72. The van der Waals surface area contributed by atoms with Crippen LogP contribution in [0.1, 0.15) is 15.9 Å². The molecule has 0 heterocycles. The van der Waals surface area contributed by atoms with Crippen LogP contribution < -0.4 is 0 Å². The molecule has 68 valence electrons. The third kappa shape index (κ3) is 2.39. The monoisotopic (exact) mass is 198 g/mol. The number of carbonyl (C=O) groups excluding carboxylic acids is 1. The molecule has 1 aromatic rings. The van der Waals surface area contributed by atoms with Crippen LogP contribution in [0.25, 0.3) is 6.08 Å². The maximum Gasteiger partial charge on any atom is 0.150 e. The number of hydrogen-bond acceptors (Lipinski definition) is 1. The van der Waals surface area contributed by atoms with Gasteiger partial charge in [-0.2, -0.15) is 0 Å². The molecule has 0 N–H and O–H groups in total. The van der Waals surface area contributed by atoms with Crippen LogP contribution >= 0.6 is 11.6 Å². The van der Waals surface area contributed by atoms with Gasteiger partial charge in [0.05, 0.1) is 0 Å². The summed E-state index contributed by atoms with van der Waals surface area (Å²) in [6.45, 7) is 0. The van der Waals surface area contributed by atoms with E-state index in [2.05, 4.69) is 0 Å². The highest BCUT2D eigenvalue weighted by Gasteiger charge is 2.02. The zero-order valence-electron chi connectivity index (χ0n) is 6.84. The molecule has 1 aromatic carbocycles. The number of rotatable bonds is 3. The molecule has 0 unspecified atom stereocenters. The minimum atomic E-state index is -0.411. The van der Waals surface area contributed by atoms with E-state index in [0.29, 0.717) is 17.7 Å². The largest absolute Gasteiger partial charge is 0.298 e. The van der Waals surface area contributed by atoms with Crippen LogP contribution in [0.5, 0.6) is 0 Å². The van der Waals surface area contributed by atoms with E-state index >= 15 is 0 Å². The van der Waals surface area contributed by atoms with Crippen molar-refractivity contribution in [2.24, 2.45) is 0 Å². The summed E-state index contributed by atoms with van der Waals surface area (Å²) in [5.41, 5.74) is 0.625. The number of aldehydes is 1. The quantitative estimate of drug-likeness (QED) is 0.539. The van der Waals surface area contributed by atoms with Crippen LogP contribution in [-0.2, 0) is 0 Å². The average Bonchev–Trinajstić information content (AvgIpc) is 2.15. The minimum Gasteiger partial charge on any atom is -0.298 e. The van der Waals surface area contributed by atoms with Crippen molar-refractivity contribution in [1.82, 2.24) is 0 Å². The predicted molar refractivity (Wildman–Crippen MR) is 51.5 cm³/mol. The highest BCUT2D eigenvalue weighted by atomic mass is 35.5. The van der Waals surface area contributed by atoms with Crippen molar-refractivity contribution in [2.45, 2.75) is 0 Å². The first-order chi connectivity index (χ1) is 6.29. The molecule has 0 aliphatic carbocycles. The number of alkyl halides is 1. The summed E-state index contributed by atoms with van der Waals surface area (Å²) in [6, 6.07) is 4.36. The fourth-order valence-corrected chi connectivity index (χ4v) is 1.08. The lowest BCUT2D eigenvalue weighted by Gasteiger charge is -1.99. The van der Waals surface area contributed by atoms with E-state index in [-0.39, 0.29) is 5.56 Å². The second-order valence-corrected chi connectivity index (χ2v) is 2.73. The zero-order valence-corrected chi connectivity index (χ0v) is 7.59. The SMILES string of the molecule is O=Cc1cccc(F)c1C=CCCl. The van der Waals surface area contributed by atoms with E-state index in [0.717, 1.165) is 0 Å². The van der Waals surface area contributed by atoms with E-state index in [1.807, 2.05) is 0 Å². The molecule has 0 radical (unpaired) electrons. The van der Waals surface area contributed by atoms with Crippen molar-refractivity contribution in [1.29, 1.82) is 0 Å². The Morgan fingerprint density at radius 2 is 2.23 bits per heavy atom. The van der Waals surface area contributed by atoms with Gasteiger partial charge in [0.2, 0.25) is 0 Å². The minimum absolute atomic E-state index is 0.290. The van der Waals surface area contributed by atoms with Gasteiger partial charge in [-0.1, -0.05) is 24.3 Å². The molecule has 1 rings (SSSR count). The second-order valence-electron chi connectivity index (χ2n) is 2.42. The number of halogens is 2. The fourth-order valence-electron chi connectivity index (χ4n) is 0.995. The molecule has 0 bridgehead atoms. The van der Waals surface area contributed by atoms with Crippen LogP contribution in [0.4, 0.5) is 4.39 Å². The molecule has 0 saturated heterocycles. The third-order valence-electron chi connectivity index (χ3n) is 1.59. The molecule has 0 fully saturated rings. The summed E-state index contributed by atoms with van der Waals surface area (Å²) < 4.78 is 13.1. The van der Waals surface area contributed by atoms with Crippen LogP contribution in [0.2, 0.25) is 0 Å². The Morgan fingerprint density at radius 1 is 1.46 bits per heavy atom. The van der Waals surface area contributed by atoms with Gasteiger partial charge in [0.1, 0.15) is 5.82 Å². The highest BCUT2D eigenvalue weighted by Crippen LogP contribution is 2.13. The first-order valence-electron chi connectivity index (χ1n) is 3.75. The van der Waals surface area contributed by atoms with Crippen molar-refractivity contribution < 1.29 is 9.18 Å². The molecular weight excluding hydrogens is 191 g/mol. The van der Waals surface area contributed by atoms with Crippen LogP contribution in [0, 0.1) is 5.82 Å². The summed E-state index contributed by atoms with van der Waals surface area (Å²) in [7, 11) is 0. The van der Waals surface area contributed by atoms with E-state index in [4.69, 9.17) is 11.6 Å². The Balaban J connectivity index is 3.14. The topological polar surface area (TPSA) is 17.1 Å². The van der Waals surface area contributed by atoms with Crippen molar-refractivity contribution in [3.8, 4) is 0 Å². The highest BCUT2D eigenvalue weighted by molar-refractivity contribution is 6.19. The summed E-state index contributed by atoms with van der Waals surface area (Å²) in [4.78, 5) is 10.5. The predicted octanol–water partition coefficient (Wildman–Crippen LogP) is 2.89. The van der Waals surface area contributed by atoms with Gasteiger partial charge < -0.3 is 0 Å². The Hall–Kier alpha value is -1.15. The molecule has 13 heavy (non-hydrogen) atoms. The first-order valence-corrected chi connectivity index (χ1v) is 4.29. The van der Waals surface area contributed by atoms with Crippen molar-refractivity contribution >= 4 is 24.0 Å². The number of allylic oxidation sites excluding steroid dienone is 1. The first kappa shape index (κ1) is 9.93. The second kappa shape index (κ2) is 4.77. The van der Waals surface area contributed by atoms with E-state index < -0.39 is 5.82 Å². The van der Waals surface area contributed by atoms with E-state index in [1.54, 1.807) is 12.1 Å². The maximum absolute atomic E-state index is 13.1. The van der Waals surface area contributed by atoms with Crippen LogP contribution in [0.3, 0.4) is 0 Å². The molecule has 0 atom stereocenters. The number of hydrogen-bond donors (Lipinski definition) is 0. The lowest BCUT2D eigenvalue weighted by molar-refractivity contribution is 0.112. The van der Waals surface area contributed by atoms with Gasteiger partial charge >= 0.3 is 0 Å². The molecule has 0 aliphatic heterocycles. The van der Waals surface area contributed by atoms with Crippen LogP contribution in [-0.4, -0.2) is 12.2 Å². The Kier molecular flexibility index (Phi) is 3.65. The molecule has 0 aromatic heterocycles. The van der Waals surface area contributed by atoms with E-state index in [9.17, 15) is 9.18 Å². The number of carbonyl (C=O) groups is 1. The molecule has 0 aliphatic rings. The Bertz CT molecular complexity index is 334. The lowest BCUT2D eigenvalue weighted by Crippen LogP contribution is -1.90. The molecule has 0 spiro atoms. The molecule has 0 amide bonds. The van der Waals surface area contributed by atoms with Gasteiger partial charge in [0.25, 0.3) is 0 Å². The van der Waals surface area contributed by atoms with E-state index in [1.165, 1.54) is 18.2 Å². The smallest absolute Gasteiger partial charge is 0.150 e. The summed E-state index contributed by atoms with van der Waals surface area (Å²) >= 11 is 5.40. The maximum atomic E-state index is 13.1. The molecular formula is C10H8ClFO. The van der Waals surface area contributed by atoms with Gasteiger partial charge in [-0.15, -0.1) is 11.6 Å². The lowest BCUT2D eigenvalue weighted by atomic mass is 10.1. The van der Waals surface area contributed by atoms with Crippen molar-refractivity contribution in [3.63, 3.8) is 0 Å². The van der Waals surface area contributed by atoms with Gasteiger partial charge in [-0.3, -0.25) is 4.79 Å². The van der Waals surface area contributed by atoms with Crippen molar-refractivity contribution in [3.05, 3.63) is 41.2 Å². The fraction of sp³-hybridized carbons (Fsp3) is 0.100. The van der Waals surface area contributed by atoms with Crippen LogP contribution in [0.15, 0.2) is 24.3 Å². The molecule has 1 nitrogen and oxygen atoms in total. The average molecular weight is 199 g/mol.